The molecule has 4 heteroatoms. The van der Waals surface area contributed by atoms with Crippen molar-refractivity contribution in [2.45, 2.75) is 27.2 Å². The zero-order valence-corrected chi connectivity index (χ0v) is 11.0. The molecule has 0 bridgehead atoms. The molecule has 0 amide bonds. The molecule has 3 nitrogen and oxygen atoms in total. The number of carbonyl (C=O) groups is 1. The van der Waals surface area contributed by atoms with Crippen molar-refractivity contribution in [3.63, 3.8) is 0 Å². The van der Waals surface area contributed by atoms with Gasteiger partial charge in [-0.15, -0.1) is 0 Å². The molecule has 0 radical (unpaired) electrons. The molecule has 0 aliphatic carbocycles. The minimum atomic E-state index is -0.816. The second-order valence-electron chi connectivity index (χ2n) is 4.70. The van der Waals surface area contributed by atoms with Gasteiger partial charge in [-0.3, -0.25) is 4.79 Å². The summed E-state index contributed by atoms with van der Waals surface area (Å²) >= 11 is 5.86. The molecule has 0 spiro atoms. The fourth-order valence-corrected chi connectivity index (χ4v) is 1.41. The summed E-state index contributed by atoms with van der Waals surface area (Å²) in [5.74, 6) is -0.109. The van der Waals surface area contributed by atoms with Crippen molar-refractivity contribution < 1.29 is 14.6 Å². The molecule has 0 aliphatic rings. The number of hydrogen-bond acceptors (Lipinski definition) is 2. The predicted molar refractivity (Wildman–Crippen MR) is 67.7 cm³/mol. The quantitative estimate of drug-likeness (QED) is 0.877. The first-order chi connectivity index (χ1) is 7.83. The summed E-state index contributed by atoms with van der Waals surface area (Å²) in [6.45, 7) is 5.65. The minimum absolute atomic E-state index is 0.362. The summed E-state index contributed by atoms with van der Waals surface area (Å²) in [5.41, 5.74) is 0.217. The van der Waals surface area contributed by atoms with Crippen LogP contribution in [-0.2, 0) is 4.79 Å². The lowest BCUT2D eigenvalue weighted by atomic mass is 9.90. The van der Waals surface area contributed by atoms with E-state index >= 15 is 0 Å². The van der Waals surface area contributed by atoms with Crippen LogP contribution in [0.5, 0.6) is 5.75 Å². The first-order valence-corrected chi connectivity index (χ1v) is 5.83. The Labute approximate surface area is 106 Å². The van der Waals surface area contributed by atoms with E-state index in [1.165, 1.54) is 0 Å². The standard InChI is InChI=1S/C13H17ClO3/c1-9-4-5-10(14)8-11(9)17-7-6-13(2,3)12(15)16/h4-5,8H,6-7H2,1-3H3,(H,15,16). The second-order valence-corrected chi connectivity index (χ2v) is 5.13. The Balaban J connectivity index is 2.57. The van der Waals surface area contributed by atoms with Crippen LogP contribution in [0.25, 0.3) is 0 Å². The Kier molecular flexibility index (Phi) is 4.40. The monoisotopic (exact) mass is 256 g/mol. The van der Waals surface area contributed by atoms with E-state index in [2.05, 4.69) is 0 Å². The van der Waals surface area contributed by atoms with E-state index in [4.69, 9.17) is 21.4 Å². The van der Waals surface area contributed by atoms with Crippen molar-refractivity contribution in [2.75, 3.05) is 6.61 Å². The number of carboxylic acid groups (broad SMARTS) is 1. The molecule has 1 aromatic carbocycles. The van der Waals surface area contributed by atoms with Gasteiger partial charge in [-0.1, -0.05) is 17.7 Å². The summed E-state index contributed by atoms with van der Waals surface area (Å²) in [5, 5.41) is 9.57. The summed E-state index contributed by atoms with van der Waals surface area (Å²) < 4.78 is 5.56. The van der Waals surface area contributed by atoms with Crippen molar-refractivity contribution in [1.82, 2.24) is 0 Å². The summed E-state index contributed by atoms with van der Waals surface area (Å²) in [4.78, 5) is 10.9. The zero-order valence-electron chi connectivity index (χ0n) is 10.3. The van der Waals surface area contributed by atoms with Crippen LogP contribution in [0.15, 0.2) is 18.2 Å². The Morgan fingerprint density at radius 1 is 1.47 bits per heavy atom. The maximum absolute atomic E-state index is 10.9. The van der Waals surface area contributed by atoms with Crippen LogP contribution in [-0.4, -0.2) is 17.7 Å². The predicted octanol–water partition coefficient (Wildman–Crippen LogP) is 3.53. The Bertz CT molecular complexity index is 413. The Morgan fingerprint density at radius 2 is 2.12 bits per heavy atom. The van der Waals surface area contributed by atoms with E-state index in [0.717, 1.165) is 5.56 Å². The lowest BCUT2D eigenvalue weighted by Gasteiger charge is -2.19. The highest BCUT2D eigenvalue weighted by atomic mass is 35.5. The van der Waals surface area contributed by atoms with Crippen LogP contribution in [0.1, 0.15) is 25.8 Å². The molecule has 0 atom stereocenters. The zero-order chi connectivity index (χ0) is 13.1. The van der Waals surface area contributed by atoms with Gasteiger partial charge in [0, 0.05) is 5.02 Å². The molecule has 0 aliphatic heterocycles. The van der Waals surface area contributed by atoms with Gasteiger partial charge in [0.1, 0.15) is 5.75 Å². The maximum atomic E-state index is 10.9. The van der Waals surface area contributed by atoms with E-state index in [1.807, 2.05) is 13.0 Å². The molecule has 17 heavy (non-hydrogen) atoms. The average Bonchev–Trinajstić information content (AvgIpc) is 2.22. The lowest BCUT2D eigenvalue weighted by molar-refractivity contribution is -0.147. The van der Waals surface area contributed by atoms with Crippen LogP contribution in [0.4, 0.5) is 0 Å². The van der Waals surface area contributed by atoms with Crippen LogP contribution >= 0.6 is 11.6 Å². The highest BCUT2D eigenvalue weighted by Gasteiger charge is 2.26. The molecule has 1 aromatic rings. The van der Waals surface area contributed by atoms with Crippen molar-refractivity contribution in [1.29, 1.82) is 0 Å². The SMILES string of the molecule is Cc1ccc(Cl)cc1OCCC(C)(C)C(=O)O. The Hall–Kier alpha value is -1.22. The minimum Gasteiger partial charge on any atom is -0.493 e. The van der Waals surface area contributed by atoms with Crippen molar-refractivity contribution >= 4 is 17.6 Å². The lowest BCUT2D eigenvalue weighted by Crippen LogP contribution is -2.25. The number of aliphatic carboxylic acids is 1. The van der Waals surface area contributed by atoms with Crippen LogP contribution < -0.4 is 4.74 Å². The van der Waals surface area contributed by atoms with E-state index in [9.17, 15) is 4.79 Å². The second kappa shape index (κ2) is 5.41. The fraction of sp³-hybridized carbons (Fsp3) is 0.462. The number of hydrogen-bond donors (Lipinski definition) is 1. The molecular weight excluding hydrogens is 240 g/mol. The summed E-state index contributed by atoms with van der Waals surface area (Å²) in [7, 11) is 0. The molecule has 0 saturated heterocycles. The molecule has 0 aromatic heterocycles. The number of halogens is 1. The van der Waals surface area contributed by atoms with E-state index in [0.29, 0.717) is 23.8 Å². The number of rotatable bonds is 5. The molecule has 0 unspecified atom stereocenters. The van der Waals surface area contributed by atoms with Gasteiger partial charge < -0.3 is 9.84 Å². The first kappa shape index (κ1) is 13.8. The van der Waals surface area contributed by atoms with Gasteiger partial charge in [-0.2, -0.15) is 0 Å². The van der Waals surface area contributed by atoms with Gasteiger partial charge in [0.2, 0.25) is 0 Å². The third-order valence-electron chi connectivity index (χ3n) is 2.71. The largest absolute Gasteiger partial charge is 0.493 e. The first-order valence-electron chi connectivity index (χ1n) is 5.45. The van der Waals surface area contributed by atoms with Crippen molar-refractivity contribution in [2.24, 2.45) is 5.41 Å². The van der Waals surface area contributed by atoms with Crippen molar-refractivity contribution in [3.05, 3.63) is 28.8 Å². The summed E-state index contributed by atoms with van der Waals surface area (Å²) in [6.07, 6.45) is 0.453. The Morgan fingerprint density at radius 3 is 2.71 bits per heavy atom. The van der Waals surface area contributed by atoms with Crippen LogP contribution in [0.2, 0.25) is 5.02 Å². The van der Waals surface area contributed by atoms with Gasteiger partial charge in [0.05, 0.1) is 12.0 Å². The van der Waals surface area contributed by atoms with Gasteiger partial charge in [0.15, 0.2) is 0 Å². The van der Waals surface area contributed by atoms with Gasteiger partial charge in [-0.05, 0) is 44.9 Å². The molecule has 1 rings (SSSR count). The fourth-order valence-electron chi connectivity index (χ4n) is 1.25. The molecular formula is C13H17ClO3. The van der Waals surface area contributed by atoms with Gasteiger partial charge in [-0.25, -0.2) is 0 Å². The molecule has 0 saturated carbocycles. The normalized spacial score (nSPS) is 11.3. The molecule has 94 valence electrons. The van der Waals surface area contributed by atoms with Crippen LogP contribution in [0.3, 0.4) is 0 Å². The number of benzene rings is 1. The molecule has 1 N–H and O–H groups in total. The average molecular weight is 257 g/mol. The number of ether oxygens (including phenoxy) is 1. The van der Waals surface area contributed by atoms with Gasteiger partial charge >= 0.3 is 5.97 Å². The molecule has 0 fully saturated rings. The van der Waals surface area contributed by atoms with E-state index in [-0.39, 0.29) is 0 Å². The van der Waals surface area contributed by atoms with Crippen molar-refractivity contribution in [3.8, 4) is 5.75 Å². The van der Waals surface area contributed by atoms with E-state index < -0.39 is 11.4 Å². The molecule has 0 heterocycles. The highest BCUT2D eigenvalue weighted by molar-refractivity contribution is 6.30. The smallest absolute Gasteiger partial charge is 0.309 e. The summed E-state index contributed by atoms with van der Waals surface area (Å²) in [6, 6.07) is 5.41. The maximum Gasteiger partial charge on any atom is 0.309 e. The van der Waals surface area contributed by atoms with Crippen LogP contribution in [0, 0.1) is 12.3 Å². The number of aryl methyl sites for hydroxylation is 1. The third-order valence-corrected chi connectivity index (χ3v) is 2.95. The topological polar surface area (TPSA) is 46.5 Å². The highest BCUT2D eigenvalue weighted by Crippen LogP contribution is 2.25. The third kappa shape index (κ3) is 3.93. The number of carboxylic acids is 1. The van der Waals surface area contributed by atoms with E-state index in [1.54, 1.807) is 26.0 Å². The van der Waals surface area contributed by atoms with Gasteiger partial charge in [0.25, 0.3) is 0 Å².